The maximum atomic E-state index is 5.75. The number of nitrogens with two attached hydrogens (primary N) is 1. The van der Waals surface area contributed by atoms with Gasteiger partial charge in [0.05, 0.1) is 6.04 Å². The molecule has 1 atom stereocenters. The van der Waals surface area contributed by atoms with E-state index in [2.05, 4.69) is 35.1 Å². The lowest BCUT2D eigenvalue weighted by atomic mass is 10.0. The molecule has 1 unspecified atom stereocenters. The maximum absolute atomic E-state index is 5.75. The van der Waals surface area contributed by atoms with Gasteiger partial charge in [-0.25, -0.2) is 0 Å². The molecule has 1 rings (SSSR count). The van der Waals surface area contributed by atoms with Crippen molar-refractivity contribution in [3.8, 4) is 0 Å². The van der Waals surface area contributed by atoms with Crippen molar-refractivity contribution in [3.05, 3.63) is 22.6 Å². The summed E-state index contributed by atoms with van der Waals surface area (Å²) in [6, 6.07) is 3.98. The third-order valence-electron chi connectivity index (χ3n) is 2.98. The van der Waals surface area contributed by atoms with E-state index in [1.807, 2.05) is 12.1 Å². The number of hydrogen-bond donors (Lipinski definition) is 2. The van der Waals surface area contributed by atoms with Gasteiger partial charge in [0.25, 0.3) is 0 Å². The molecule has 0 bridgehead atoms. The molecule has 0 radical (unpaired) electrons. The second kappa shape index (κ2) is 7.09. The Balaban J connectivity index is 2.49. The minimum atomic E-state index is 0.117. The highest BCUT2D eigenvalue weighted by Gasteiger charge is 2.14. The van der Waals surface area contributed by atoms with Crippen molar-refractivity contribution in [1.29, 1.82) is 0 Å². The highest BCUT2D eigenvalue weighted by Crippen LogP contribution is 2.20. The smallest absolute Gasteiger partial charge is 0.169 e. The van der Waals surface area contributed by atoms with E-state index in [0.717, 1.165) is 17.0 Å². The van der Waals surface area contributed by atoms with E-state index in [1.165, 1.54) is 12.8 Å². The summed E-state index contributed by atoms with van der Waals surface area (Å²) in [7, 11) is 0. The highest BCUT2D eigenvalue weighted by molar-refractivity contribution is 9.10. The lowest BCUT2D eigenvalue weighted by molar-refractivity contribution is 0.367. The molecule has 0 fully saturated rings. The molecule has 4 heteroatoms. The normalized spacial score (nSPS) is 13.3. The lowest BCUT2D eigenvalue weighted by Gasteiger charge is -2.18. The molecule has 1 heterocycles. The highest BCUT2D eigenvalue weighted by atomic mass is 79.9. The van der Waals surface area contributed by atoms with Crippen LogP contribution in [-0.4, -0.2) is 13.1 Å². The van der Waals surface area contributed by atoms with Gasteiger partial charge >= 0.3 is 0 Å². The summed E-state index contributed by atoms with van der Waals surface area (Å²) in [6.45, 7) is 5.99. The van der Waals surface area contributed by atoms with Crippen LogP contribution in [0.4, 0.5) is 0 Å². The van der Waals surface area contributed by atoms with Crippen LogP contribution in [0.5, 0.6) is 0 Å². The van der Waals surface area contributed by atoms with E-state index in [9.17, 15) is 0 Å². The van der Waals surface area contributed by atoms with Gasteiger partial charge < -0.3 is 15.5 Å². The van der Waals surface area contributed by atoms with E-state index in [4.69, 9.17) is 10.2 Å². The number of hydrogen-bond acceptors (Lipinski definition) is 3. The topological polar surface area (TPSA) is 51.2 Å². The molecule has 0 saturated carbocycles. The second-order valence-electron chi connectivity index (χ2n) is 4.02. The fourth-order valence-electron chi connectivity index (χ4n) is 1.70. The van der Waals surface area contributed by atoms with Gasteiger partial charge in [-0.2, -0.15) is 0 Å². The first kappa shape index (κ1) is 13.7. The molecule has 3 N–H and O–H groups in total. The van der Waals surface area contributed by atoms with Crippen molar-refractivity contribution in [2.24, 2.45) is 11.7 Å². The molecule has 0 saturated heterocycles. The fourth-order valence-corrected chi connectivity index (χ4v) is 2.02. The average Bonchev–Trinajstić information content (AvgIpc) is 2.71. The molecule has 1 aromatic heterocycles. The van der Waals surface area contributed by atoms with Crippen molar-refractivity contribution >= 4 is 15.9 Å². The van der Waals surface area contributed by atoms with E-state index < -0.39 is 0 Å². The number of furan rings is 1. The summed E-state index contributed by atoms with van der Waals surface area (Å²) in [5.41, 5.74) is 5.75. The Hall–Kier alpha value is -0.320. The number of halogens is 1. The van der Waals surface area contributed by atoms with E-state index in [0.29, 0.717) is 12.5 Å². The van der Waals surface area contributed by atoms with Crippen LogP contribution in [0.2, 0.25) is 0 Å². The van der Waals surface area contributed by atoms with Gasteiger partial charge in [0.15, 0.2) is 4.67 Å². The first-order chi connectivity index (χ1) is 7.71. The van der Waals surface area contributed by atoms with Crippen LogP contribution in [0, 0.1) is 5.92 Å². The van der Waals surface area contributed by atoms with Crippen LogP contribution in [0.3, 0.4) is 0 Å². The zero-order valence-electron chi connectivity index (χ0n) is 10.0. The first-order valence-electron chi connectivity index (χ1n) is 5.89. The minimum absolute atomic E-state index is 0.117. The SMILES string of the molecule is CCC(CC)CNC(CN)c1ccc(Br)o1. The van der Waals surface area contributed by atoms with Crippen LogP contribution < -0.4 is 11.1 Å². The molecule has 0 amide bonds. The van der Waals surface area contributed by atoms with Crippen LogP contribution in [-0.2, 0) is 0 Å². The molecule has 3 nitrogen and oxygen atoms in total. The summed E-state index contributed by atoms with van der Waals surface area (Å²) in [6.07, 6.45) is 2.39. The molecular weight excluding hydrogens is 268 g/mol. The van der Waals surface area contributed by atoms with E-state index in [1.54, 1.807) is 0 Å². The fraction of sp³-hybridized carbons (Fsp3) is 0.667. The second-order valence-corrected chi connectivity index (χ2v) is 4.80. The van der Waals surface area contributed by atoms with Crippen molar-refractivity contribution in [3.63, 3.8) is 0 Å². The van der Waals surface area contributed by atoms with Crippen molar-refractivity contribution in [2.45, 2.75) is 32.7 Å². The molecule has 0 aromatic carbocycles. The molecule has 0 aliphatic rings. The van der Waals surface area contributed by atoms with Crippen molar-refractivity contribution in [1.82, 2.24) is 5.32 Å². The third kappa shape index (κ3) is 3.92. The standard InChI is InChI=1S/C12H21BrN2O/c1-3-9(4-2)8-15-10(7-14)11-5-6-12(13)16-11/h5-6,9-10,15H,3-4,7-8,14H2,1-2H3. The maximum Gasteiger partial charge on any atom is 0.169 e. The molecule has 0 spiro atoms. The van der Waals surface area contributed by atoms with E-state index in [-0.39, 0.29) is 6.04 Å². The monoisotopic (exact) mass is 288 g/mol. The molecule has 16 heavy (non-hydrogen) atoms. The predicted octanol–water partition coefficient (Wildman–Crippen LogP) is 3.07. The third-order valence-corrected chi connectivity index (χ3v) is 3.41. The average molecular weight is 289 g/mol. The predicted molar refractivity (Wildman–Crippen MR) is 70.3 cm³/mol. The Kier molecular flexibility index (Phi) is 6.09. The van der Waals surface area contributed by atoms with Gasteiger partial charge in [-0.15, -0.1) is 0 Å². The van der Waals surface area contributed by atoms with Crippen molar-refractivity contribution < 1.29 is 4.42 Å². The number of nitrogens with one attached hydrogen (secondary N) is 1. The summed E-state index contributed by atoms with van der Waals surface area (Å²) in [5.74, 6) is 1.62. The molecule has 0 aliphatic carbocycles. The molecule has 0 aliphatic heterocycles. The first-order valence-corrected chi connectivity index (χ1v) is 6.69. The van der Waals surface area contributed by atoms with Gasteiger partial charge in [0, 0.05) is 6.54 Å². The van der Waals surface area contributed by atoms with Gasteiger partial charge in [0.1, 0.15) is 5.76 Å². The zero-order chi connectivity index (χ0) is 12.0. The Morgan fingerprint density at radius 1 is 1.38 bits per heavy atom. The number of rotatable bonds is 7. The largest absolute Gasteiger partial charge is 0.453 e. The summed E-state index contributed by atoms with van der Waals surface area (Å²) >= 11 is 3.30. The summed E-state index contributed by atoms with van der Waals surface area (Å²) < 4.78 is 6.27. The van der Waals surface area contributed by atoms with Crippen LogP contribution in [0.25, 0.3) is 0 Å². The van der Waals surface area contributed by atoms with Crippen LogP contribution in [0.1, 0.15) is 38.5 Å². The van der Waals surface area contributed by atoms with E-state index >= 15 is 0 Å². The Morgan fingerprint density at radius 3 is 2.50 bits per heavy atom. The molecular formula is C12H21BrN2O. The van der Waals surface area contributed by atoms with Gasteiger partial charge in [0.2, 0.25) is 0 Å². The molecule has 1 aromatic rings. The quantitative estimate of drug-likeness (QED) is 0.811. The van der Waals surface area contributed by atoms with Crippen molar-refractivity contribution in [2.75, 3.05) is 13.1 Å². The van der Waals surface area contributed by atoms with Crippen LogP contribution >= 0.6 is 15.9 Å². The Labute approximate surface area is 106 Å². The Bertz CT molecular complexity index is 297. The lowest BCUT2D eigenvalue weighted by Crippen LogP contribution is -2.31. The summed E-state index contributed by atoms with van der Waals surface area (Å²) in [4.78, 5) is 0. The zero-order valence-corrected chi connectivity index (χ0v) is 11.6. The van der Waals surface area contributed by atoms with Gasteiger partial charge in [-0.3, -0.25) is 0 Å². The van der Waals surface area contributed by atoms with Gasteiger partial charge in [-0.05, 0) is 40.5 Å². The minimum Gasteiger partial charge on any atom is -0.453 e. The Morgan fingerprint density at radius 2 is 2.06 bits per heavy atom. The van der Waals surface area contributed by atoms with Gasteiger partial charge in [-0.1, -0.05) is 26.7 Å². The van der Waals surface area contributed by atoms with Crippen LogP contribution in [0.15, 0.2) is 21.2 Å². The molecule has 92 valence electrons. The summed E-state index contributed by atoms with van der Waals surface area (Å²) in [5, 5.41) is 3.46.